The summed E-state index contributed by atoms with van der Waals surface area (Å²) < 4.78 is 28.1. The Morgan fingerprint density at radius 3 is 2.54 bits per heavy atom. The number of hydrogen-bond acceptors (Lipinski definition) is 7. The second-order valence-electron chi connectivity index (χ2n) is 7.60. The fourth-order valence-corrected chi connectivity index (χ4v) is 2.97. The summed E-state index contributed by atoms with van der Waals surface area (Å²) in [5.74, 6) is -1.11. The van der Waals surface area contributed by atoms with Crippen molar-refractivity contribution >= 4 is 6.09 Å². The van der Waals surface area contributed by atoms with Gasteiger partial charge in [0.2, 0.25) is 0 Å². The Labute approximate surface area is 142 Å². The molecule has 1 unspecified atom stereocenters. The highest BCUT2D eigenvalue weighted by Crippen LogP contribution is 2.40. The third kappa shape index (κ3) is 4.58. The van der Waals surface area contributed by atoms with Crippen molar-refractivity contribution in [1.82, 2.24) is 5.32 Å². The number of fused-ring (bicyclic) bond motifs is 1. The van der Waals surface area contributed by atoms with Crippen molar-refractivity contribution in [3.05, 3.63) is 0 Å². The van der Waals surface area contributed by atoms with Gasteiger partial charge >= 0.3 is 6.09 Å². The predicted molar refractivity (Wildman–Crippen MR) is 84.3 cm³/mol. The van der Waals surface area contributed by atoms with Crippen LogP contribution in [0.25, 0.3) is 0 Å². The van der Waals surface area contributed by atoms with Gasteiger partial charge in [-0.2, -0.15) is 0 Å². The highest BCUT2D eigenvalue weighted by molar-refractivity contribution is 5.67. The lowest BCUT2D eigenvalue weighted by atomic mass is 9.97. The van der Waals surface area contributed by atoms with Crippen LogP contribution in [0.4, 0.5) is 4.79 Å². The lowest BCUT2D eigenvalue weighted by Gasteiger charge is -2.29. The minimum Gasteiger partial charge on any atom is -0.444 e. The number of aliphatic hydroxyl groups is 1. The number of ether oxygens (including phenoxy) is 5. The van der Waals surface area contributed by atoms with Crippen molar-refractivity contribution in [2.24, 2.45) is 5.92 Å². The van der Waals surface area contributed by atoms with Gasteiger partial charge in [-0.3, -0.25) is 0 Å². The van der Waals surface area contributed by atoms with E-state index in [2.05, 4.69) is 5.32 Å². The van der Waals surface area contributed by atoms with Crippen LogP contribution in [0.1, 0.15) is 34.6 Å². The summed E-state index contributed by atoms with van der Waals surface area (Å²) in [6.45, 7) is 8.99. The lowest BCUT2D eigenvalue weighted by Crippen LogP contribution is -2.45. The summed E-state index contributed by atoms with van der Waals surface area (Å²) in [5.41, 5.74) is -0.581. The number of carbonyl (C=O) groups is 1. The molecule has 8 nitrogen and oxygen atoms in total. The third-order valence-corrected chi connectivity index (χ3v) is 3.91. The molecule has 2 N–H and O–H groups in total. The molecule has 1 amide bonds. The summed E-state index contributed by atoms with van der Waals surface area (Å²) in [4.78, 5) is 11.8. The normalized spacial score (nSPS) is 33.1. The van der Waals surface area contributed by atoms with E-state index in [4.69, 9.17) is 23.7 Å². The molecule has 0 radical (unpaired) electrons. The Bertz CT molecular complexity index is 448. The Hall–Kier alpha value is -0.930. The molecule has 2 rings (SSSR count). The van der Waals surface area contributed by atoms with Crippen molar-refractivity contribution in [3.63, 3.8) is 0 Å². The quantitative estimate of drug-likeness (QED) is 0.766. The summed E-state index contributed by atoms with van der Waals surface area (Å²) in [6.07, 6.45) is -2.31. The minimum atomic E-state index is -0.736. The maximum atomic E-state index is 11.8. The Morgan fingerprint density at radius 1 is 1.33 bits per heavy atom. The molecule has 8 heteroatoms. The number of rotatable bonds is 5. The van der Waals surface area contributed by atoms with Crippen LogP contribution in [-0.4, -0.2) is 67.5 Å². The Morgan fingerprint density at radius 2 is 2.00 bits per heavy atom. The molecule has 5 atom stereocenters. The third-order valence-electron chi connectivity index (χ3n) is 3.91. The van der Waals surface area contributed by atoms with E-state index < -0.39 is 36.0 Å². The second kappa shape index (κ2) is 7.13. The zero-order valence-corrected chi connectivity index (χ0v) is 15.2. The minimum absolute atomic E-state index is 0.177. The van der Waals surface area contributed by atoms with E-state index in [9.17, 15) is 9.90 Å². The first-order chi connectivity index (χ1) is 11.1. The van der Waals surface area contributed by atoms with Crippen molar-refractivity contribution in [2.45, 2.75) is 70.6 Å². The average molecular weight is 347 g/mol. The van der Waals surface area contributed by atoms with Crippen LogP contribution in [-0.2, 0) is 23.7 Å². The van der Waals surface area contributed by atoms with E-state index in [-0.39, 0.29) is 25.2 Å². The highest BCUT2D eigenvalue weighted by Gasteiger charge is 2.56. The van der Waals surface area contributed by atoms with E-state index in [1.54, 1.807) is 27.9 Å². The van der Waals surface area contributed by atoms with Gasteiger partial charge in [0.05, 0.1) is 12.7 Å². The Kier molecular flexibility index (Phi) is 5.76. The fraction of sp³-hybridized carbons (Fsp3) is 0.938. The van der Waals surface area contributed by atoms with Crippen LogP contribution in [0, 0.1) is 5.92 Å². The molecule has 24 heavy (non-hydrogen) atoms. The molecule has 2 heterocycles. The van der Waals surface area contributed by atoms with Crippen molar-refractivity contribution in [1.29, 1.82) is 0 Å². The van der Waals surface area contributed by atoms with Crippen LogP contribution in [0.2, 0.25) is 0 Å². The monoisotopic (exact) mass is 347 g/mol. The van der Waals surface area contributed by atoms with Gasteiger partial charge in [-0.05, 0) is 34.6 Å². The fourth-order valence-electron chi connectivity index (χ4n) is 2.97. The molecule has 0 aromatic heterocycles. The largest absolute Gasteiger partial charge is 0.444 e. The number of amides is 1. The lowest BCUT2D eigenvalue weighted by molar-refractivity contribution is -0.223. The van der Waals surface area contributed by atoms with Crippen LogP contribution in [0.5, 0.6) is 0 Å². The van der Waals surface area contributed by atoms with Gasteiger partial charge in [0.1, 0.15) is 17.8 Å². The van der Waals surface area contributed by atoms with Gasteiger partial charge in [0.25, 0.3) is 0 Å². The molecule has 2 aliphatic rings. The number of carbonyl (C=O) groups excluding carboxylic acids is 1. The Balaban J connectivity index is 1.95. The molecular weight excluding hydrogens is 318 g/mol. The second-order valence-corrected chi connectivity index (χ2v) is 7.60. The number of nitrogens with one attached hydrogen (secondary N) is 1. The average Bonchev–Trinajstić information content (AvgIpc) is 2.88. The topological polar surface area (TPSA) is 95.5 Å². The summed E-state index contributed by atoms with van der Waals surface area (Å²) >= 11 is 0. The van der Waals surface area contributed by atoms with Crippen molar-refractivity contribution in [2.75, 3.05) is 20.3 Å². The maximum absolute atomic E-state index is 11.8. The molecule has 2 aliphatic heterocycles. The predicted octanol–water partition coefficient (Wildman–Crippen LogP) is 1.01. The molecule has 0 saturated carbocycles. The van der Waals surface area contributed by atoms with E-state index in [0.29, 0.717) is 0 Å². The van der Waals surface area contributed by atoms with E-state index in [1.165, 1.54) is 0 Å². The van der Waals surface area contributed by atoms with Crippen LogP contribution >= 0.6 is 0 Å². The van der Waals surface area contributed by atoms with Gasteiger partial charge in [-0.15, -0.1) is 0 Å². The first-order valence-corrected chi connectivity index (χ1v) is 8.18. The maximum Gasteiger partial charge on any atom is 0.407 e. The molecule has 0 aromatic rings. The summed E-state index contributed by atoms with van der Waals surface area (Å²) in [6, 6.07) is 0. The molecule has 0 aliphatic carbocycles. The molecule has 2 saturated heterocycles. The summed E-state index contributed by atoms with van der Waals surface area (Å²) in [5, 5.41) is 12.4. The van der Waals surface area contributed by atoms with Crippen LogP contribution < -0.4 is 5.32 Å². The zero-order valence-electron chi connectivity index (χ0n) is 15.2. The SMILES string of the molecule is CO[C@@H]1[C@H]2OC(C)(C)O[C@H]2O[C@@H]1C(CO)CNC(=O)OC(C)(C)C. The van der Waals surface area contributed by atoms with Gasteiger partial charge in [0.15, 0.2) is 12.1 Å². The van der Waals surface area contributed by atoms with Crippen molar-refractivity contribution < 1.29 is 33.6 Å². The molecule has 0 bridgehead atoms. The van der Waals surface area contributed by atoms with E-state index in [0.717, 1.165) is 0 Å². The van der Waals surface area contributed by atoms with Crippen LogP contribution in [0.3, 0.4) is 0 Å². The number of hydrogen-bond donors (Lipinski definition) is 2. The first kappa shape index (κ1) is 19.4. The van der Waals surface area contributed by atoms with Gasteiger partial charge in [-0.1, -0.05) is 0 Å². The van der Waals surface area contributed by atoms with Gasteiger partial charge in [-0.25, -0.2) is 4.79 Å². The number of methoxy groups -OCH3 is 1. The van der Waals surface area contributed by atoms with E-state index in [1.807, 2.05) is 13.8 Å². The number of alkyl carbamates (subject to hydrolysis) is 1. The molecule has 140 valence electrons. The van der Waals surface area contributed by atoms with E-state index >= 15 is 0 Å². The molecular formula is C16H29NO7. The van der Waals surface area contributed by atoms with Gasteiger partial charge < -0.3 is 34.1 Å². The van der Waals surface area contributed by atoms with Crippen LogP contribution in [0.15, 0.2) is 0 Å². The smallest absolute Gasteiger partial charge is 0.407 e. The van der Waals surface area contributed by atoms with Crippen molar-refractivity contribution in [3.8, 4) is 0 Å². The van der Waals surface area contributed by atoms with Gasteiger partial charge in [0, 0.05) is 19.6 Å². The zero-order chi connectivity index (χ0) is 18.1. The molecule has 0 spiro atoms. The number of aliphatic hydroxyl groups excluding tert-OH is 1. The highest BCUT2D eigenvalue weighted by atomic mass is 16.8. The standard InChI is InChI=1S/C16H29NO7/c1-15(2,3)24-14(19)17-7-9(8-18)10-11(20-6)12-13(21-10)23-16(4,5)22-12/h9-13,18H,7-8H2,1-6H3,(H,17,19)/t9?,10-,11+,12-,13-/m1/s1. The summed E-state index contributed by atoms with van der Waals surface area (Å²) in [7, 11) is 1.56. The first-order valence-electron chi connectivity index (χ1n) is 8.18. The molecule has 2 fully saturated rings. The molecule has 0 aromatic carbocycles.